The highest BCUT2D eigenvalue weighted by molar-refractivity contribution is 5.27. The molecule has 2 fully saturated rings. The number of allylic oxidation sites excluding steroid dienone is 2. The molecule has 2 aliphatic carbocycles. The van der Waals surface area contributed by atoms with Crippen molar-refractivity contribution in [1.82, 2.24) is 0 Å². The third-order valence-corrected chi connectivity index (χ3v) is 7.26. The molecule has 0 radical (unpaired) electrons. The number of hydrogen-bond donors (Lipinski definition) is 0. The van der Waals surface area contributed by atoms with E-state index in [9.17, 15) is 0 Å². The van der Waals surface area contributed by atoms with Crippen molar-refractivity contribution < 1.29 is 4.74 Å². The van der Waals surface area contributed by atoms with Crippen molar-refractivity contribution >= 4 is 0 Å². The van der Waals surface area contributed by atoms with Gasteiger partial charge in [0, 0.05) is 5.92 Å². The van der Waals surface area contributed by atoms with Crippen molar-refractivity contribution in [2.75, 3.05) is 6.61 Å². The third kappa shape index (κ3) is 7.86. The Kier molecular flexibility index (Phi) is 9.88. The summed E-state index contributed by atoms with van der Waals surface area (Å²) in [5.74, 6) is 11.0. The van der Waals surface area contributed by atoms with Gasteiger partial charge in [0.1, 0.15) is 5.75 Å². The molecule has 30 heavy (non-hydrogen) atoms. The lowest BCUT2D eigenvalue weighted by molar-refractivity contribution is 0.196. The van der Waals surface area contributed by atoms with E-state index in [1.807, 2.05) is 0 Å². The van der Waals surface area contributed by atoms with Gasteiger partial charge in [0.25, 0.3) is 0 Å². The molecule has 0 atom stereocenters. The van der Waals surface area contributed by atoms with Crippen LogP contribution in [0.4, 0.5) is 0 Å². The maximum atomic E-state index is 6.03. The van der Waals surface area contributed by atoms with Crippen molar-refractivity contribution in [2.45, 2.75) is 90.9 Å². The lowest BCUT2D eigenvalue weighted by atomic mass is 9.80. The van der Waals surface area contributed by atoms with Crippen LogP contribution in [0.25, 0.3) is 0 Å². The highest BCUT2D eigenvalue weighted by Gasteiger charge is 2.21. The average Bonchev–Trinajstić information content (AvgIpc) is 2.81. The second-order valence-corrected chi connectivity index (χ2v) is 9.60. The van der Waals surface area contributed by atoms with Crippen LogP contribution < -0.4 is 4.74 Å². The molecule has 1 heteroatoms. The Bertz CT molecular complexity index is 673. The molecule has 0 bridgehead atoms. The van der Waals surface area contributed by atoms with Crippen LogP contribution in [0.5, 0.6) is 5.75 Å². The summed E-state index contributed by atoms with van der Waals surface area (Å²) in [5, 5.41) is 0. The average molecular weight is 407 g/mol. The zero-order valence-corrected chi connectivity index (χ0v) is 19.4. The largest absolute Gasteiger partial charge is 0.493 e. The first-order valence-electron chi connectivity index (χ1n) is 12.7. The lowest BCUT2D eigenvalue weighted by Crippen LogP contribution is -2.19. The molecule has 1 aromatic carbocycles. The number of ether oxygens (including phenoxy) is 1. The molecule has 0 aromatic heterocycles. The summed E-state index contributed by atoms with van der Waals surface area (Å²) < 4.78 is 6.03. The zero-order valence-electron chi connectivity index (χ0n) is 19.4. The normalized spacial score (nSPS) is 26.9. The number of aryl methyl sites for hydroxylation is 1. The standard InChI is InChI=1S/C29H42O/c1-3-5-8-25-11-13-26(14-12-25)9-6-7-10-27-15-17-28(18-16-27)23-30-29-21-19-24(4-2)20-22-29/h6,9,19-22,25-28H,3-5,8,11-18,23H2,1-2H3/b9-6+. The maximum Gasteiger partial charge on any atom is 0.119 e. The van der Waals surface area contributed by atoms with E-state index in [0.29, 0.717) is 11.8 Å². The highest BCUT2D eigenvalue weighted by atomic mass is 16.5. The first-order chi connectivity index (χ1) is 14.8. The van der Waals surface area contributed by atoms with Crippen LogP contribution in [0, 0.1) is 35.5 Å². The van der Waals surface area contributed by atoms with Crippen LogP contribution in [0.15, 0.2) is 36.4 Å². The Hall–Kier alpha value is -1.68. The molecule has 2 saturated carbocycles. The molecule has 3 rings (SSSR count). The van der Waals surface area contributed by atoms with E-state index >= 15 is 0 Å². The van der Waals surface area contributed by atoms with Crippen molar-refractivity contribution in [2.24, 2.45) is 23.7 Å². The van der Waals surface area contributed by atoms with Gasteiger partial charge in [0.05, 0.1) is 6.61 Å². The SMILES string of the molecule is CCCCC1CCC(/C=C/C#CC2CCC(COc3ccc(CC)cc3)CC2)CC1. The molecular weight excluding hydrogens is 364 g/mol. The second-order valence-electron chi connectivity index (χ2n) is 9.60. The number of hydrogen-bond acceptors (Lipinski definition) is 1. The summed E-state index contributed by atoms with van der Waals surface area (Å²) in [5.41, 5.74) is 1.37. The highest BCUT2D eigenvalue weighted by Crippen LogP contribution is 2.32. The van der Waals surface area contributed by atoms with E-state index in [4.69, 9.17) is 4.74 Å². The van der Waals surface area contributed by atoms with Crippen LogP contribution in [0.3, 0.4) is 0 Å². The van der Waals surface area contributed by atoms with Gasteiger partial charge in [-0.2, -0.15) is 0 Å². The molecule has 0 N–H and O–H groups in total. The molecule has 1 aromatic rings. The molecule has 0 saturated heterocycles. The summed E-state index contributed by atoms with van der Waals surface area (Å²) in [7, 11) is 0. The minimum absolute atomic E-state index is 0.583. The van der Waals surface area contributed by atoms with E-state index in [1.54, 1.807) is 0 Å². The first kappa shape index (κ1) is 23.0. The monoisotopic (exact) mass is 406 g/mol. The molecule has 0 aliphatic heterocycles. The van der Waals surface area contributed by atoms with Gasteiger partial charge in [-0.3, -0.25) is 0 Å². The van der Waals surface area contributed by atoms with Gasteiger partial charge >= 0.3 is 0 Å². The van der Waals surface area contributed by atoms with Gasteiger partial charge < -0.3 is 4.74 Å². The van der Waals surface area contributed by atoms with Crippen molar-refractivity contribution in [1.29, 1.82) is 0 Å². The van der Waals surface area contributed by atoms with Crippen LogP contribution >= 0.6 is 0 Å². The lowest BCUT2D eigenvalue weighted by Gasteiger charge is -2.26. The van der Waals surface area contributed by atoms with E-state index in [0.717, 1.165) is 30.6 Å². The maximum absolute atomic E-state index is 6.03. The fourth-order valence-corrected chi connectivity index (χ4v) is 5.02. The summed E-state index contributed by atoms with van der Waals surface area (Å²) in [6.45, 7) is 5.35. The summed E-state index contributed by atoms with van der Waals surface area (Å²) in [6.07, 6.45) is 20.4. The van der Waals surface area contributed by atoms with Gasteiger partial charge in [0.2, 0.25) is 0 Å². The minimum atomic E-state index is 0.583. The van der Waals surface area contributed by atoms with Gasteiger partial charge in [-0.1, -0.05) is 63.2 Å². The van der Waals surface area contributed by atoms with E-state index in [1.165, 1.54) is 76.2 Å². The molecule has 0 amide bonds. The minimum Gasteiger partial charge on any atom is -0.493 e. The molecule has 0 heterocycles. The Labute approximate surface area is 185 Å². The van der Waals surface area contributed by atoms with Crippen LogP contribution in [0.1, 0.15) is 90.0 Å². The van der Waals surface area contributed by atoms with Gasteiger partial charge in [-0.25, -0.2) is 0 Å². The molecule has 0 spiro atoms. The summed E-state index contributed by atoms with van der Waals surface area (Å²) in [4.78, 5) is 0. The Morgan fingerprint density at radius 2 is 1.60 bits per heavy atom. The number of benzene rings is 1. The van der Waals surface area contributed by atoms with E-state index < -0.39 is 0 Å². The molecule has 2 aliphatic rings. The van der Waals surface area contributed by atoms with Crippen LogP contribution in [-0.2, 0) is 6.42 Å². The Balaban J connectivity index is 1.30. The van der Waals surface area contributed by atoms with Crippen molar-refractivity contribution in [3.05, 3.63) is 42.0 Å². The zero-order chi connectivity index (χ0) is 21.0. The third-order valence-electron chi connectivity index (χ3n) is 7.26. The fraction of sp³-hybridized carbons (Fsp3) is 0.655. The summed E-state index contributed by atoms with van der Waals surface area (Å²) in [6, 6.07) is 8.57. The summed E-state index contributed by atoms with van der Waals surface area (Å²) >= 11 is 0. The molecule has 1 nitrogen and oxygen atoms in total. The fourth-order valence-electron chi connectivity index (χ4n) is 5.02. The molecule has 0 unspecified atom stereocenters. The van der Waals surface area contributed by atoms with Crippen LogP contribution in [0.2, 0.25) is 0 Å². The quantitative estimate of drug-likeness (QED) is 0.397. The number of unbranched alkanes of at least 4 members (excludes halogenated alkanes) is 1. The van der Waals surface area contributed by atoms with Gasteiger partial charge in [-0.15, -0.1) is 0 Å². The smallest absolute Gasteiger partial charge is 0.119 e. The first-order valence-corrected chi connectivity index (χ1v) is 12.7. The predicted octanol–water partition coefficient (Wildman–Crippen LogP) is 7.99. The predicted molar refractivity (Wildman–Crippen MR) is 129 cm³/mol. The Morgan fingerprint density at radius 1 is 0.900 bits per heavy atom. The molecular formula is C29H42O. The number of rotatable bonds is 8. The molecule has 164 valence electrons. The topological polar surface area (TPSA) is 9.23 Å². The van der Waals surface area contributed by atoms with Crippen LogP contribution in [-0.4, -0.2) is 6.61 Å². The van der Waals surface area contributed by atoms with Crippen molar-refractivity contribution in [3.63, 3.8) is 0 Å². The van der Waals surface area contributed by atoms with Gasteiger partial charge in [0.15, 0.2) is 0 Å². The van der Waals surface area contributed by atoms with Crippen molar-refractivity contribution in [3.8, 4) is 17.6 Å². The van der Waals surface area contributed by atoms with E-state index in [-0.39, 0.29) is 0 Å². The Morgan fingerprint density at radius 3 is 2.27 bits per heavy atom. The van der Waals surface area contributed by atoms with Gasteiger partial charge in [-0.05, 0) is 99.3 Å². The second kappa shape index (κ2) is 12.9. The van der Waals surface area contributed by atoms with E-state index in [2.05, 4.69) is 62.1 Å².